The zero-order chi connectivity index (χ0) is 20.3. The summed E-state index contributed by atoms with van der Waals surface area (Å²) in [4.78, 5) is 36.1. The minimum absolute atomic E-state index is 0.0563. The lowest BCUT2D eigenvalue weighted by molar-refractivity contribution is -0.118. The zero-order valence-corrected chi connectivity index (χ0v) is 16.0. The van der Waals surface area contributed by atoms with E-state index in [-0.39, 0.29) is 29.7 Å². The molecule has 0 saturated carbocycles. The first-order valence-electron chi connectivity index (χ1n) is 8.97. The van der Waals surface area contributed by atoms with Crippen LogP contribution in [0.1, 0.15) is 25.8 Å². The summed E-state index contributed by atoms with van der Waals surface area (Å²) >= 11 is 0. The predicted octanol–water partition coefficient (Wildman–Crippen LogP) is 3.12. The van der Waals surface area contributed by atoms with E-state index in [0.29, 0.717) is 11.4 Å². The van der Waals surface area contributed by atoms with Gasteiger partial charge in [0.25, 0.3) is 5.91 Å². The van der Waals surface area contributed by atoms with Crippen molar-refractivity contribution >= 4 is 40.4 Å². The highest BCUT2D eigenvalue weighted by Crippen LogP contribution is 2.26. The van der Waals surface area contributed by atoms with Crippen LogP contribution in [0.4, 0.5) is 17.1 Å². The molecule has 1 heterocycles. The van der Waals surface area contributed by atoms with Gasteiger partial charge < -0.3 is 10.6 Å². The van der Waals surface area contributed by atoms with E-state index in [1.54, 1.807) is 17.1 Å². The van der Waals surface area contributed by atoms with E-state index < -0.39 is 6.04 Å². The van der Waals surface area contributed by atoms with Gasteiger partial charge in [-0.15, -0.1) is 0 Å². The van der Waals surface area contributed by atoms with Gasteiger partial charge >= 0.3 is 0 Å². The van der Waals surface area contributed by atoms with Gasteiger partial charge in [-0.3, -0.25) is 19.4 Å². The molecule has 144 valence electrons. The second-order valence-electron chi connectivity index (χ2n) is 6.72. The molecule has 0 aromatic heterocycles. The van der Waals surface area contributed by atoms with Gasteiger partial charge in [0.1, 0.15) is 11.8 Å². The SMILES string of the molecule is CC(=O)Nc1ccc(C)c(NC(=O)C2=NN(c3ccccc3)C(C(C)=O)C2)c1. The molecular weight excluding hydrogens is 356 g/mol. The fourth-order valence-corrected chi connectivity index (χ4v) is 3.01. The van der Waals surface area contributed by atoms with Crippen LogP contribution in [-0.4, -0.2) is 29.4 Å². The molecule has 1 unspecified atom stereocenters. The first kappa shape index (κ1) is 19.3. The highest BCUT2D eigenvalue weighted by atomic mass is 16.2. The lowest BCUT2D eigenvalue weighted by atomic mass is 10.1. The van der Waals surface area contributed by atoms with Gasteiger partial charge in [-0.05, 0) is 43.7 Å². The number of nitrogens with zero attached hydrogens (tertiary/aromatic N) is 2. The summed E-state index contributed by atoms with van der Waals surface area (Å²) in [5.74, 6) is -0.615. The number of carbonyl (C=O) groups is 3. The van der Waals surface area contributed by atoms with Crippen LogP contribution in [0.5, 0.6) is 0 Å². The highest BCUT2D eigenvalue weighted by Gasteiger charge is 2.34. The molecule has 2 amide bonds. The number of hydrazone groups is 1. The number of ketones is 1. The maximum absolute atomic E-state index is 12.8. The molecule has 0 saturated heterocycles. The lowest BCUT2D eigenvalue weighted by Crippen LogP contribution is -2.33. The Kier molecular flexibility index (Phi) is 5.54. The van der Waals surface area contributed by atoms with Gasteiger partial charge in [-0.2, -0.15) is 5.10 Å². The Morgan fingerprint density at radius 1 is 1.04 bits per heavy atom. The quantitative estimate of drug-likeness (QED) is 0.836. The van der Waals surface area contributed by atoms with Crippen LogP contribution < -0.4 is 15.6 Å². The van der Waals surface area contributed by atoms with E-state index in [1.807, 2.05) is 43.3 Å². The number of aryl methyl sites for hydroxylation is 1. The number of carbonyl (C=O) groups excluding carboxylic acids is 3. The number of hydrogen-bond donors (Lipinski definition) is 2. The molecule has 2 N–H and O–H groups in total. The van der Waals surface area contributed by atoms with Crippen molar-refractivity contribution in [3.05, 3.63) is 54.1 Å². The van der Waals surface area contributed by atoms with E-state index in [0.717, 1.165) is 11.3 Å². The third-order valence-electron chi connectivity index (χ3n) is 4.47. The van der Waals surface area contributed by atoms with E-state index in [4.69, 9.17) is 0 Å². The van der Waals surface area contributed by atoms with Gasteiger partial charge in [0.05, 0.1) is 5.69 Å². The van der Waals surface area contributed by atoms with Crippen LogP contribution in [0.25, 0.3) is 0 Å². The summed E-state index contributed by atoms with van der Waals surface area (Å²) in [6.45, 7) is 4.78. The molecule has 1 atom stereocenters. The number of nitrogens with one attached hydrogen (secondary N) is 2. The monoisotopic (exact) mass is 378 g/mol. The van der Waals surface area contributed by atoms with Crippen molar-refractivity contribution in [2.45, 2.75) is 33.2 Å². The summed E-state index contributed by atoms with van der Waals surface area (Å²) in [5.41, 5.74) is 3.07. The minimum Gasteiger partial charge on any atom is -0.326 e. The van der Waals surface area contributed by atoms with Crippen molar-refractivity contribution < 1.29 is 14.4 Å². The topological polar surface area (TPSA) is 90.9 Å². The molecule has 2 aromatic carbocycles. The van der Waals surface area contributed by atoms with E-state index >= 15 is 0 Å². The lowest BCUT2D eigenvalue weighted by Gasteiger charge is -2.20. The van der Waals surface area contributed by atoms with Crippen LogP contribution in [-0.2, 0) is 14.4 Å². The maximum atomic E-state index is 12.8. The van der Waals surface area contributed by atoms with Crippen molar-refractivity contribution in [1.29, 1.82) is 0 Å². The minimum atomic E-state index is -0.505. The molecule has 1 aliphatic heterocycles. The van der Waals surface area contributed by atoms with Crippen molar-refractivity contribution in [3.8, 4) is 0 Å². The Bertz CT molecular complexity index is 953. The van der Waals surface area contributed by atoms with Gasteiger partial charge in [0.2, 0.25) is 5.91 Å². The molecule has 7 heteroatoms. The molecule has 28 heavy (non-hydrogen) atoms. The summed E-state index contributed by atoms with van der Waals surface area (Å²) in [5, 5.41) is 11.5. The number of Topliss-reactive ketones (excluding diaryl/α,β-unsaturated/α-hetero) is 1. The van der Waals surface area contributed by atoms with Gasteiger partial charge in [0, 0.05) is 24.7 Å². The van der Waals surface area contributed by atoms with Crippen LogP contribution in [0.3, 0.4) is 0 Å². The van der Waals surface area contributed by atoms with E-state index in [2.05, 4.69) is 15.7 Å². The fourth-order valence-electron chi connectivity index (χ4n) is 3.01. The van der Waals surface area contributed by atoms with Crippen molar-refractivity contribution in [1.82, 2.24) is 0 Å². The smallest absolute Gasteiger partial charge is 0.271 e. The van der Waals surface area contributed by atoms with Crippen molar-refractivity contribution in [3.63, 3.8) is 0 Å². The molecule has 3 rings (SSSR count). The predicted molar refractivity (Wildman–Crippen MR) is 110 cm³/mol. The summed E-state index contributed by atoms with van der Waals surface area (Å²) in [7, 11) is 0. The maximum Gasteiger partial charge on any atom is 0.271 e. The normalized spacial score (nSPS) is 15.8. The number of amides is 2. The van der Waals surface area contributed by atoms with Crippen LogP contribution >= 0.6 is 0 Å². The Morgan fingerprint density at radius 3 is 2.39 bits per heavy atom. The molecule has 0 bridgehead atoms. The molecule has 0 aliphatic carbocycles. The molecule has 0 spiro atoms. The fraction of sp³-hybridized carbons (Fsp3) is 0.238. The number of anilines is 3. The van der Waals surface area contributed by atoms with Crippen LogP contribution in [0.2, 0.25) is 0 Å². The van der Waals surface area contributed by atoms with Crippen LogP contribution in [0.15, 0.2) is 53.6 Å². The average Bonchev–Trinajstić information content (AvgIpc) is 3.11. The molecule has 0 radical (unpaired) electrons. The second kappa shape index (κ2) is 8.04. The van der Waals surface area contributed by atoms with Crippen LogP contribution in [0, 0.1) is 6.92 Å². The van der Waals surface area contributed by atoms with E-state index in [1.165, 1.54) is 13.8 Å². The highest BCUT2D eigenvalue weighted by molar-refractivity contribution is 6.44. The Hall–Kier alpha value is -3.48. The number of benzene rings is 2. The first-order valence-corrected chi connectivity index (χ1v) is 8.97. The molecule has 7 nitrogen and oxygen atoms in total. The largest absolute Gasteiger partial charge is 0.326 e. The molecule has 0 fully saturated rings. The number of rotatable bonds is 5. The Labute approximate surface area is 163 Å². The molecule has 1 aliphatic rings. The van der Waals surface area contributed by atoms with E-state index in [9.17, 15) is 14.4 Å². The summed E-state index contributed by atoms with van der Waals surface area (Å²) < 4.78 is 0. The van der Waals surface area contributed by atoms with Gasteiger partial charge in [0.15, 0.2) is 5.78 Å². The standard InChI is InChI=1S/C21H22N4O3/c1-13-9-10-16(22-15(3)27)11-18(13)23-21(28)19-12-20(14(2)26)25(24-19)17-7-5-4-6-8-17/h4-11,20H,12H2,1-3H3,(H,22,27)(H,23,28). The number of para-hydroxylation sites is 1. The Balaban J connectivity index is 1.83. The average molecular weight is 378 g/mol. The van der Waals surface area contributed by atoms with Gasteiger partial charge in [-0.25, -0.2) is 0 Å². The third-order valence-corrected chi connectivity index (χ3v) is 4.47. The van der Waals surface area contributed by atoms with Crippen molar-refractivity contribution in [2.24, 2.45) is 5.10 Å². The van der Waals surface area contributed by atoms with Gasteiger partial charge in [-0.1, -0.05) is 24.3 Å². The number of hydrogen-bond acceptors (Lipinski definition) is 5. The molecule has 2 aromatic rings. The third kappa shape index (κ3) is 4.25. The zero-order valence-electron chi connectivity index (χ0n) is 16.0. The second-order valence-corrected chi connectivity index (χ2v) is 6.72. The molecular formula is C21H22N4O3. The first-order chi connectivity index (χ1) is 13.3. The Morgan fingerprint density at radius 2 is 1.75 bits per heavy atom. The summed E-state index contributed by atoms with van der Waals surface area (Å²) in [6.07, 6.45) is 0.237. The summed E-state index contributed by atoms with van der Waals surface area (Å²) in [6, 6.07) is 14.1. The van der Waals surface area contributed by atoms with Crippen molar-refractivity contribution in [2.75, 3.05) is 15.6 Å².